The summed E-state index contributed by atoms with van der Waals surface area (Å²) in [5.41, 5.74) is 1.06. The fraction of sp³-hybridized carbons (Fsp3) is 0.417. The van der Waals surface area contributed by atoms with E-state index in [4.69, 9.17) is 10.4 Å². The first-order valence-electron chi connectivity index (χ1n) is 5.37. The van der Waals surface area contributed by atoms with Gasteiger partial charge in [-0.2, -0.15) is 5.26 Å². The second kappa shape index (κ2) is 5.85. The van der Waals surface area contributed by atoms with Crippen molar-refractivity contribution >= 4 is 11.7 Å². The molecule has 1 unspecified atom stereocenters. The molecule has 17 heavy (non-hydrogen) atoms. The molecule has 5 heteroatoms. The second-order valence-electron chi connectivity index (χ2n) is 4.11. The Morgan fingerprint density at radius 1 is 1.59 bits per heavy atom. The number of rotatable bonds is 5. The number of carboxylic acid groups (broad SMARTS) is 1. The molecule has 0 spiro atoms. The number of hydrogen-bond donors (Lipinski definition) is 2. The molecule has 2 N–H and O–H groups in total. The van der Waals surface area contributed by atoms with Crippen LogP contribution in [0.1, 0.15) is 19.5 Å². The predicted molar refractivity (Wildman–Crippen MR) is 63.4 cm³/mol. The lowest BCUT2D eigenvalue weighted by atomic mass is 9.96. The van der Waals surface area contributed by atoms with Crippen LogP contribution in [0, 0.1) is 23.2 Å². The van der Waals surface area contributed by atoms with E-state index in [1.165, 1.54) is 6.20 Å². The van der Waals surface area contributed by atoms with E-state index in [1.807, 2.05) is 19.9 Å². The zero-order chi connectivity index (χ0) is 12.8. The van der Waals surface area contributed by atoms with Gasteiger partial charge >= 0.3 is 5.97 Å². The average molecular weight is 233 g/mol. The topological polar surface area (TPSA) is 86.0 Å². The lowest BCUT2D eigenvalue weighted by Crippen LogP contribution is -2.27. The van der Waals surface area contributed by atoms with E-state index in [1.54, 1.807) is 12.1 Å². The molecule has 1 atom stereocenters. The van der Waals surface area contributed by atoms with E-state index >= 15 is 0 Å². The van der Waals surface area contributed by atoms with Gasteiger partial charge in [-0.05, 0) is 18.1 Å². The molecule has 0 bridgehead atoms. The van der Waals surface area contributed by atoms with Crippen LogP contribution in [0.2, 0.25) is 0 Å². The number of carbonyl (C=O) groups is 1. The number of nitrogens with one attached hydrogen (secondary N) is 1. The highest BCUT2D eigenvalue weighted by Crippen LogP contribution is 2.13. The number of hydrogen-bond acceptors (Lipinski definition) is 4. The summed E-state index contributed by atoms with van der Waals surface area (Å²) in [6.07, 6.45) is 1.53. The number of nitriles is 1. The highest BCUT2D eigenvalue weighted by molar-refractivity contribution is 5.71. The van der Waals surface area contributed by atoms with Gasteiger partial charge in [0.25, 0.3) is 0 Å². The SMILES string of the molecule is CC(C)C(CNc1ccc(C#N)nc1)C(=O)O. The number of nitrogens with zero attached hydrogens (tertiary/aromatic N) is 2. The van der Waals surface area contributed by atoms with Gasteiger partial charge in [-0.3, -0.25) is 4.79 Å². The first-order valence-corrected chi connectivity index (χ1v) is 5.37. The van der Waals surface area contributed by atoms with Crippen molar-refractivity contribution in [2.75, 3.05) is 11.9 Å². The molecule has 1 rings (SSSR count). The second-order valence-corrected chi connectivity index (χ2v) is 4.11. The van der Waals surface area contributed by atoms with Crippen LogP contribution in [0.15, 0.2) is 18.3 Å². The van der Waals surface area contributed by atoms with E-state index in [-0.39, 0.29) is 5.92 Å². The number of carboxylic acids is 1. The molecule has 0 saturated carbocycles. The molecule has 1 heterocycles. The molecule has 0 radical (unpaired) electrons. The minimum atomic E-state index is -0.811. The standard InChI is InChI=1S/C12H15N3O2/c1-8(2)11(12(16)17)7-15-10-4-3-9(5-13)14-6-10/h3-4,6,8,11,15H,7H2,1-2H3,(H,16,17). The van der Waals surface area contributed by atoms with Crippen molar-refractivity contribution in [3.63, 3.8) is 0 Å². The van der Waals surface area contributed by atoms with Crippen LogP contribution in [0.25, 0.3) is 0 Å². The van der Waals surface area contributed by atoms with Crippen molar-refractivity contribution in [3.8, 4) is 6.07 Å². The molecule has 90 valence electrons. The van der Waals surface area contributed by atoms with Gasteiger partial charge in [-0.25, -0.2) is 4.98 Å². The molecule has 0 aliphatic heterocycles. The highest BCUT2D eigenvalue weighted by Gasteiger charge is 2.20. The Balaban J connectivity index is 2.60. The Morgan fingerprint density at radius 2 is 2.29 bits per heavy atom. The summed E-state index contributed by atoms with van der Waals surface area (Å²) in [6.45, 7) is 4.09. The minimum absolute atomic E-state index is 0.0614. The minimum Gasteiger partial charge on any atom is -0.481 e. The van der Waals surface area contributed by atoms with Gasteiger partial charge in [0.15, 0.2) is 0 Å². The van der Waals surface area contributed by atoms with Crippen LogP contribution in [0.5, 0.6) is 0 Å². The summed E-state index contributed by atoms with van der Waals surface area (Å²) >= 11 is 0. The first-order chi connectivity index (χ1) is 8.04. The van der Waals surface area contributed by atoms with E-state index in [0.29, 0.717) is 12.2 Å². The Labute approximate surface area is 100 Å². The number of aromatic nitrogens is 1. The fourth-order valence-electron chi connectivity index (χ4n) is 1.40. The maximum atomic E-state index is 11.0. The zero-order valence-corrected chi connectivity index (χ0v) is 9.84. The summed E-state index contributed by atoms with van der Waals surface area (Å²) in [5, 5.41) is 20.6. The summed E-state index contributed by atoms with van der Waals surface area (Å²) in [4.78, 5) is 14.9. The largest absolute Gasteiger partial charge is 0.481 e. The Morgan fingerprint density at radius 3 is 2.71 bits per heavy atom. The van der Waals surface area contributed by atoms with Crippen LogP contribution in [0.3, 0.4) is 0 Å². The quantitative estimate of drug-likeness (QED) is 0.808. The van der Waals surface area contributed by atoms with E-state index in [0.717, 1.165) is 5.69 Å². The van der Waals surface area contributed by atoms with Gasteiger partial charge in [0, 0.05) is 6.54 Å². The average Bonchev–Trinajstić information content (AvgIpc) is 2.29. The zero-order valence-electron chi connectivity index (χ0n) is 9.84. The predicted octanol–water partition coefficient (Wildman–Crippen LogP) is 1.72. The molecule has 0 aliphatic carbocycles. The van der Waals surface area contributed by atoms with Crippen LogP contribution < -0.4 is 5.32 Å². The molecule has 5 nitrogen and oxygen atoms in total. The Bertz CT molecular complexity index is 420. The van der Waals surface area contributed by atoms with Crippen molar-refractivity contribution in [3.05, 3.63) is 24.0 Å². The monoisotopic (exact) mass is 233 g/mol. The van der Waals surface area contributed by atoms with Gasteiger partial charge in [0.2, 0.25) is 0 Å². The molecule has 1 aromatic rings. The summed E-state index contributed by atoms with van der Waals surface area (Å²) in [5.74, 6) is -1.19. The van der Waals surface area contributed by atoms with Crippen LogP contribution in [0.4, 0.5) is 5.69 Å². The van der Waals surface area contributed by atoms with Crippen molar-refractivity contribution in [2.45, 2.75) is 13.8 Å². The highest BCUT2D eigenvalue weighted by atomic mass is 16.4. The lowest BCUT2D eigenvalue weighted by Gasteiger charge is -2.17. The van der Waals surface area contributed by atoms with Crippen LogP contribution in [-0.4, -0.2) is 22.6 Å². The summed E-state index contributed by atoms with van der Waals surface area (Å²) < 4.78 is 0. The molecule has 0 fully saturated rings. The van der Waals surface area contributed by atoms with Crippen molar-refractivity contribution in [1.29, 1.82) is 5.26 Å². The number of anilines is 1. The van der Waals surface area contributed by atoms with Gasteiger partial charge in [-0.15, -0.1) is 0 Å². The summed E-state index contributed by atoms with van der Waals surface area (Å²) in [7, 11) is 0. The van der Waals surface area contributed by atoms with Crippen LogP contribution in [-0.2, 0) is 4.79 Å². The van der Waals surface area contributed by atoms with E-state index in [2.05, 4.69) is 10.3 Å². The third-order valence-corrected chi connectivity index (χ3v) is 2.53. The third-order valence-electron chi connectivity index (χ3n) is 2.53. The fourth-order valence-corrected chi connectivity index (χ4v) is 1.40. The van der Waals surface area contributed by atoms with Crippen molar-refractivity contribution in [2.24, 2.45) is 11.8 Å². The van der Waals surface area contributed by atoms with Gasteiger partial charge in [0.05, 0.1) is 17.8 Å². The molecule has 0 aromatic carbocycles. The Hall–Kier alpha value is -2.09. The first kappa shape index (κ1) is 13.0. The normalized spacial score (nSPS) is 11.9. The summed E-state index contributed by atoms with van der Waals surface area (Å²) in [6, 6.07) is 5.23. The smallest absolute Gasteiger partial charge is 0.308 e. The van der Waals surface area contributed by atoms with Gasteiger partial charge in [-0.1, -0.05) is 13.8 Å². The van der Waals surface area contributed by atoms with Crippen molar-refractivity contribution < 1.29 is 9.90 Å². The molecule has 0 saturated heterocycles. The van der Waals surface area contributed by atoms with Gasteiger partial charge in [0.1, 0.15) is 11.8 Å². The van der Waals surface area contributed by atoms with E-state index in [9.17, 15) is 4.79 Å². The van der Waals surface area contributed by atoms with Crippen molar-refractivity contribution in [1.82, 2.24) is 4.98 Å². The lowest BCUT2D eigenvalue weighted by molar-refractivity contribution is -0.142. The van der Waals surface area contributed by atoms with Crippen LogP contribution >= 0.6 is 0 Å². The molecular formula is C12H15N3O2. The maximum absolute atomic E-state index is 11.0. The van der Waals surface area contributed by atoms with Gasteiger partial charge < -0.3 is 10.4 Å². The molecule has 0 aliphatic rings. The Kier molecular flexibility index (Phi) is 4.46. The molecule has 0 amide bonds. The molecule has 1 aromatic heterocycles. The maximum Gasteiger partial charge on any atom is 0.308 e. The van der Waals surface area contributed by atoms with E-state index < -0.39 is 11.9 Å². The number of pyridine rings is 1. The number of aliphatic carboxylic acids is 1. The molecular weight excluding hydrogens is 218 g/mol. The third kappa shape index (κ3) is 3.76.